The Morgan fingerprint density at radius 1 is 1.47 bits per heavy atom. The maximum atomic E-state index is 3.36. The maximum absolute atomic E-state index is 3.36. The minimum atomic E-state index is 0.568. The molecule has 0 aromatic carbocycles. The molecule has 2 nitrogen and oxygen atoms in total. The van der Waals surface area contributed by atoms with Crippen molar-refractivity contribution in [2.24, 2.45) is 5.41 Å². The number of likely N-dealkylation sites (N-methyl/N-ethyl adjacent to an activating group) is 1. The molecular weight excluding hydrogens is 228 g/mol. The Morgan fingerprint density at radius 2 is 2.29 bits per heavy atom. The lowest BCUT2D eigenvalue weighted by Gasteiger charge is -2.44. The van der Waals surface area contributed by atoms with Gasteiger partial charge in [-0.2, -0.15) is 0 Å². The highest BCUT2D eigenvalue weighted by molar-refractivity contribution is 7.09. The SMILES string of the molecule is CNCC1(CN(C)CCc2cccs2)CCC1. The van der Waals surface area contributed by atoms with Gasteiger partial charge in [-0.1, -0.05) is 12.5 Å². The van der Waals surface area contributed by atoms with Gasteiger partial charge in [-0.05, 0) is 50.2 Å². The van der Waals surface area contributed by atoms with Crippen molar-refractivity contribution in [2.75, 3.05) is 33.7 Å². The summed E-state index contributed by atoms with van der Waals surface area (Å²) in [5, 5.41) is 5.53. The van der Waals surface area contributed by atoms with E-state index < -0.39 is 0 Å². The first-order chi connectivity index (χ1) is 8.24. The highest BCUT2D eigenvalue weighted by Crippen LogP contribution is 2.40. The van der Waals surface area contributed by atoms with E-state index in [4.69, 9.17) is 0 Å². The second-order valence-corrected chi connectivity index (χ2v) is 6.48. The number of nitrogens with zero attached hydrogens (tertiary/aromatic N) is 1. The van der Waals surface area contributed by atoms with Crippen molar-refractivity contribution in [1.29, 1.82) is 0 Å². The van der Waals surface area contributed by atoms with Crippen LogP contribution in [0, 0.1) is 5.41 Å². The van der Waals surface area contributed by atoms with E-state index in [1.807, 2.05) is 11.3 Å². The van der Waals surface area contributed by atoms with Crippen LogP contribution in [-0.4, -0.2) is 38.6 Å². The summed E-state index contributed by atoms with van der Waals surface area (Å²) >= 11 is 1.87. The molecule has 0 spiro atoms. The topological polar surface area (TPSA) is 15.3 Å². The molecule has 0 unspecified atom stereocenters. The van der Waals surface area contributed by atoms with E-state index in [-0.39, 0.29) is 0 Å². The van der Waals surface area contributed by atoms with Crippen molar-refractivity contribution in [3.63, 3.8) is 0 Å². The third-order valence-corrected chi connectivity index (χ3v) is 4.83. The molecular formula is C14H24N2S. The van der Waals surface area contributed by atoms with E-state index in [2.05, 4.69) is 41.8 Å². The standard InChI is InChI=1S/C14H24N2S/c1-15-11-14(7-4-8-14)12-16(2)9-6-13-5-3-10-17-13/h3,5,10,15H,4,6-9,11-12H2,1-2H3. The first-order valence-electron chi connectivity index (χ1n) is 6.60. The molecule has 1 aliphatic rings. The number of thiophene rings is 1. The fourth-order valence-electron chi connectivity index (χ4n) is 2.85. The summed E-state index contributed by atoms with van der Waals surface area (Å²) < 4.78 is 0. The molecule has 0 aliphatic heterocycles. The van der Waals surface area contributed by atoms with Gasteiger partial charge in [0.15, 0.2) is 0 Å². The van der Waals surface area contributed by atoms with Crippen LogP contribution in [0.5, 0.6) is 0 Å². The molecule has 1 N–H and O–H groups in total. The Balaban J connectivity index is 1.74. The van der Waals surface area contributed by atoms with Gasteiger partial charge in [0.1, 0.15) is 0 Å². The lowest BCUT2D eigenvalue weighted by molar-refractivity contribution is 0.0804. The lowest BCUT2D eigenvalue weighted by atomic mass is 9.68. The molecule has 0 radical (unpaired) electrons. The molecule has 17 heavy (non-hydrogen) atoms. The van der Waals surface area contributed by atoms with Gasteiger partial charge in [0, 0.05) is 24.5 Å². The lowest BCUT2D eigenvalue weighted by Crippen LogP contribution is -2.47. The zero-order valence-corrected chi connectivity index (χ0v) is 11.9. The van der Waals surface area contributed by atoms with E-state index in [1.54, 1.807) is 0 Å². The van der Waals surface area contributed by atoms with Gasteiger partial charge < -0.3 is 10.2 Å². The van der Waals surface area contributed by atoms with Gasteiger partial charge in [0.05, 0.1) is 0 Å². The Morgan fingerprint density at radius 3 is 2.82 bits per heavy atom. The third kappa shape index (κ3) is 3.54. The van der Waals surface area contributed by atoms with E-state index in [0.29, 0.717) is 5.41 Å². The highest BCUT2D eigenvalue weighted by atomic mass is 32.1. The molecule has 1 aromatic rings. The normalized spacial score (nSPS) is 18.3. The highest BCUT2D eigenvalue weighted by Gasteiger charge is 2.36. The summed E-state index contributed by atoms with van der Waals surface area (Å²) in [7, 11) is 4.34. The third-order valence-electron chi connectivity index (χ3n) is 3.89. The van der Waals surface area contributed by atoms with Crippen LogP contribution in [0.15, 0.2) is 17.5 Å². The average molecular weight is 252 g/mol. The summed E-state index contributed by atoms with van der Waals surface area (Å²) in [6.45, 7) is 3.61. The van der Waals surface area contributed by atoms with E-state index >= 15 is 0 Å². The second kappa shape index (κ2) is 5.98. The van der Waals surface area contributed by atoms with E-state index in [1.165, 1.54) is 50.2 Å². The van der Waals surface area contributed by atoms with Crippen LogP contribution in [0.4, 0.5) is 0 Å². The Kier molecular flexibility index (Phi) is 4.60. The van der Waals surface area contributed by atoms with Crippen molar-refractivity contribution in [3.8, 4) is 0 Å². The fraction of sp³-hybridized carbons (Fsp3) is 0.714. The van der Waals surface area contributed by atoms with Crippen molar-refractivity contribution < 1.29 is 0 Å². The second-order valence-electron chi connectivity index (χ2n) is 5.45. The van der Waals surface area contributed by atoms with Crippen LogP contribution in [-0.2, 0) is 6.42 Å². The van der Waals surface area contributed by atoms with E-state index in [9.17, 15) is 0 Å². The summed E-state index contributed by atoms with van der Waals surface area (Å²) in [6, 6.07) is 4.39. The van der Waals surface area contributed by atoms with Crippen molar-refractivity contribution >= 4 is 11.3 Å². The van der Waals surface area contributed by atoms with Gasteiger partial charge in [-0.15, -0.1) is 11.3 Å². The quantitative estimate of drug-likeness (QED) is 0.802. The van der Waals surface area contributed by atoms with Crippen LogP contribution in [0.3, 0.4) is 0 Å². The van der Waals surface area contributed by atoms with Crippen molar-refractivity contribution in [2.45, 2.75) is 25.7 Å². The number of nitrogens with one attached hydrogen (secondary N) is 1. The summed E-state index contributed by atoms with van der Waals surface area (Å²) in [6.07, 6.45) is 5.42. The Bertz CT molecular complexity index is 317. The van der Waals surface area contributed by atoms with Gasteiger partial charge >= 0.3 is 0 Å². The summed E-state index contributed by atoms with van der Waals surface area (Å²) in [4.78, 5) is 4.02. The molecule has 2 rings (SSSR count). The van der Waals surface area contributed by atoms with Gasteiger partial charge in [0.2, 0.25) is 0 Å². The predicted molar refractivity (Wildman–Crippen MR) is 75.7 cm³/mol. The first-order valence-corrected chi connectivity index (χ1v) is 7.48. The number of rotatable bonds is 7. The monoisotopic (exact) mass is 252 g/mol. The minimum absolute atomic E-state index is 0.568. The Labute approximate surface area is 109 Å². The average Bonchev–Trinajstić information content (AvgIpc) is 2.76. The maximum Gasteiger partial charge on any atom is 0.00579 e. The van der Waals surface area contributed by atoms with Crippen LogP contribution in [0.2, 0.25) is 0 Å². The van der Waals surface area contributed by atoms with Crippen molar-refractivity contribution in [1.82, 2.24) is 10.2 Å². The number of hydrogen-bond acceptors (Lipinski definition) is 3. The largest absolute Gasteiger partial charge is 0.319 e. The fourth-order valence-corrected chi connectivity index (χ4v) is 3.55. The van der Waals surface area contributed by atoms with Gasteiger partial charge in [0.25, 0.3) is 0 Å². The molecule has 0 saturated heterocycles. The zero-order chi connectivity index (χ0) is 12.1. The smallest absolute Gasteiger partial charge is 0.00579 e. The Hall–Kier alpha value is -0.380. The molecule has 0 atom stereocenters. The predicted octanol–water partition coefficient (Wildman–Crippen LogP) is 2.61. The van der Waals surface area contributed by atoms with Gasteiger partial charge in [-0.25, -0.2) is 0 Å². The number of hydrogen-bond donors (Lipinski definition) is 1. The molecule has 1 aromatic heterocycles. The van der Waals surface area contributed by atoms with Crippen LogP contribution >= 0.6 is 11.3 Å². The summed E-state index contributed by atoms with van der Waals surface area (Å²) in [5.74, 6) is 0. The summed E-state index contributed by atoms with van der Waals surface area (Å²) in [5.41, 5.74) is 0.568. The molecule has 96 valence electrons. The van der Waals surface area contributed by atoms with Crippen LogP contribution in [0.25, 0.3) is 0 Å². The molecule has 1 heterocycles. The molecule has 0 amide bonds. The molecule has 0 bridgehead atoms. The molecule has 1 aliphatic carbocycles. The van der Waals surface area contributed by atoms with Gasteiger partial charge in [-0.3, -0.25) is 0 Å². The van der Waals surface area contributed by atoms with E-state index in [0.717, 1.165) is 0 Å². The molecule has 3 heteroatoms. The van der Waals surface area contributed by atoms with Crippen LogP contribution in [0.1, 0.15) is 24.1 Å². The molecule has 1 fully saturated rings. The van der Waals surface area contributed by atoms with Crippen molar-refractivity contribution in [3.05, 3.63) is 22.4 Å². The first kappa shape index (κ1) is 13.1. The zero-order valence-electron chi connectivity index (χ0n) is 11.0. The minimum Gasteiger partial charge on any atom is -0.319 e. The molecule has 1 saturated carbocycles. The van der Waals surface area contributed by atoms with Crippen LogP contribution < -0.4 is 5.32 Å².